The van der Waals surface area contributed by atoms with Gasteiger partial charge in [0.15, 0.2) is 0 Å². The summed E-state index contributed by atoms with van der Waals surface area (Å²) < 4.78 is 2.03. The molecule has 4 aliphatic rings. The molecule has 0 unspecified atom stereocenters. The topological polar surface area (TPSA) is 46.4 Å². The first-order chi connectivity index (χ1) is 13.7. The number of aromatic nitrogens is 2. The van der Waals surface area contributed by atoms with Crippen LogP contribution in [0, 0.1) is 23.2 Å². The number of pyridine rings is 1. The van der Waals surface area contributed by atoms with E-state index < -0.39 is 0 Å². The fourth-order valence-corrected chi connectivity index (χ4v) is 6.45. The second kappa shape index (κ2) is 5.94. The molecule has 4 saturated carbocycles. The lowest BCUT2D eigenvalue weighted by Gasteiger charge is -2.55. The van der Waals surface area contributed by atoms with Crippen LogP contribution in [0.15, 0.2) is 54.9 Å². The van der Waals surface area contributed by atoms with Gasteiger partial charge in [0.1, 0.15) is 5.65 Å². The Morgan fingerprint density at radius 1 is 0.964 bits per heavy atom. The van der Waals surface area contributed by atoms with E-state index in [0.717, 1.165) is 59.6 Å². The first-order valence-electron chi connectivity index (χ1n) is 10.5. The molecule has 4 nitrogen and oxygen atoms in total. The molecule has 0 saturated heterocycles. The lowest BCUT2D eigenvalue weighted by atomic mass is 9.49. The summed E-state index contributed by atoms with van der Waals surface area (Å²) in [5.41, 5.74) is 3.75. The highest BCUT2D eigenvalue weighted by atomic mass is 16.2. The highest BCUT2D eigenvalue weighted by molar-refractivity contribution is 5.95. The molecule has 4 bridgehead atoms. The quantitative estimate of drug-likeness (QED) is 0.691. The monoisotopic (exact) mass is 371 g/mol. The van der Waals surface area contributed by atoms with Crippen LogP contribution in [-0.4, -0.2) is 15.3 Å². The lowest BCUT2D eigenvalue weighted by molar-refractivity contribution is -0.140. The minimum Gasteiger partial charge on any atom is -0.326 e. The summed E-state index contributed by atoms with van der Waals surface area (Å²) >= 11 is 0. The van der Waals surface area contributed by atoms with E-state index in [1.165, 1.54) is 19.3 Å². The average Bonchev–Trinajstić information content (AvgIpc) is 3.12. The zero-order chi connectivity index (χ0) is 18.7. The molecule has 1 amide bonds. The van der Waals surface area contributed by atoms with Crippen molar-refractivity contribution in [2.24, 2.45) is 23.2 Å². The molecule has 1 N–H and O–H groups in total. The second-order valence-electron chi connectivity index (χ2n) is 9.32. The van der Waals surface area contributed by atoms with Gasteiger partial charge in [0, 0.05) is 23.6 Å². The van der Waals surface area contributed by atoms with Crippen LogP contribution in [0.3, 0.4) is 0 Å². The Balaban J connectivity index is 1.21. The van der Waals surface area contributed by atoms with Crippen LogP contribution >= 0.6 is 0 Å². The molecule has 4 aliphatic carbocycles. The summed E-state index contributed by atoms with van der Waals surface area (Å²) in [5.74, 6) is 2.62. The van der Waals surface area contributed by atoms with Crippen molar-refractivity contribution in [2.75, 3.05) is 5.32 Å². The molecule has 142 valence electrons. The van der Waals surface area contributed by atoms with Gasteiger partial charge < -0.3 is 9.72 Å². The lowest BCUT2D eigenvalue weighted by Crippen LogP contribution is -2.51. The number of fused-ring (bicyclic) bond motifs is 1. The van der Waals surface area contributed by atoms with E-state index in [0.29, 0.717) is 0 Å². The number of amides is 1. The summed E-state index contributed by atoms with van der Waals surface area (Å²) in [6.45, 7) is 0. The Labute approximate surface area is 165 Å². The van der Waals surface area contributed by atoms with Crippen molar-refractivity contribution in [3.05, 3.63) is 54.9 Å². The standard InChI is InChI=1S/C24H25N3O/c28-23(24-12-16-9-17(13-24)11-18(10-16)14-24)25-20-6-4-19(5-7-20)21-15-27-8-2-1-3-22(27)26-21/h1-8,15-18H,9-14H2,(H,25,28). The van der Waals surface area contributed by atoms with Gasteiger partial charge in [0.2, 0.25) is 5.91 Å². The molecule has 4 fully saturated rings. The van der Waals surface area contributed by atoms with E-state index in [-0.39, 0.29) is 11.3 Å². The zero-order valence-electron chi connectivity index (χ0n) is 16.0. The Bertz CT molecular complexity index is 981. The molecule has 0 atom stereocenters. The van der Waals surface area contributed by atoms with Crippen molar-refractivity contribution < 1.29 is 4.79 Å². The van der Waals surface area contributed by atoms with Gasteiger partial charge in [-0.25, -0.2) is 4.98 Å². The average molecular weight is 371 g/mol. The number of hydrogen-bond acceptors (Lipinski definition) is 2. The van der Waals surface area contributed by atoms with Gasteiger partial charge in [-0.2, -0.15) is 0 Å². The van der Waals surface area contributed by atoms with Crippen molar-refractivity contribution in [1.82, 2.24) is 9.38 Å². The highest BCUT2D eigenvalue weighted by Gasteiger charge is 2.54. The molecule has 0 aliphatic heterocycles. The van der Waals surface area contributed by atoms with Gasteiger partial charge in [-0.15, -0.1) is 0 Å². The minimum absolute atomic E-state index is 0.102. The van der Waals surface area contributed by atoms with Gasteiger partial charge in [0.05, 0.1) is 11.1 Å². The number of nitrogens with zero attached hydrogens (tertiary/aromatic N) is 2. The van der Waals surface area contributed by atoms with Crippen LogP contribution < -0.4 is 5.32 Å². The molecule has 0 spiro atoms. The van der Waals surface area contributed by atoms with E-state index in [1.54, 1.807) is 0 Å². The van der Waals surface area contributed by atoms with Crippen LogP contribution in [-0.2, 0) is 4.79 Å². The van der Waals surface area contributed by atoms with Crippen LogP contribution in [0.4, 0.5) is 5.69 Å². The van der Waals surface area contributed by atoms with E-state index in [1.807, 2.05) is 47.1 Å². The number of carbonyl (C=O) groups is 1. The van der Waals surface area contributed by atoms with Gasteiger partial charge in [-0.3, -0.25) is 4.79 Å². The van der Waals surface area contributed by atoms with Gasteiger partial charge in [-0.05, 0) is 80.5 Å². The summed E-state index contributed by atoms with van der Waals surface area (Å²) in [6, 6.07) is 14.1. The first kappa shape index (κ1) is 16.3. The van der Waals surface area contributed by atoms with Crippen LogP contribution in [0.1, 0.15) is 38.5 Å². The highest BCUT2D eigenvalue weighted by Crippen LogP contribution is 2.60. The molecule has 3 aromatic rings. The summed E-state index contributed by atoms with van der Waals surface area (Å²) in [7, 11) is 0. The predicted molar refractivity (Wildman–Crippen MR) is 110 cm³/mol. The number of imidazole rings is 1. The number of nitrogens with one attached hydrogen (secondary N) is 1. The SMILES string of the molecule is O=C(Nc1ccc(-c2cn3ccccc3n2)cc1)C12CC3CC(CC(C3)C1)C2. The fourth-order valence-electron chi connectivity index (χ4n) is 6.45. The number of benzene rings is 1. The van der Waals surface area contributed by atoms with Crippen LogP contribution in [0.5, 0.6) is 0 Å². The molecule has 28 heavy (non-hydrogen) atoms. The number of rotatable bonds is 3. The Morgan fingerprint density at radius 3 is 2.29 bits per heavy atom. The third kappa shape index (κ3) is 2.58. The molecule has 2 heterocycles. The molecule has 2 aromatic heterocycles. The van der Waals surface area contributed by atoms with Crippen LogP contribution in [0.2, 0.25) is 0 Å². The zero-order valence-corrected chi connectivity index (χ0v) is 16.0. The van der Waals surface area contributed by atoms with Crippen molar-refractivity contribution in [3.8, 4) is 11.3 Å². The normalized spacial score (nSPS) is 30.6. The van der Waals surface area contributed by atoms with Crippen molar-refractivity contribution in [2.45, 2.75) is 38.5 Å². The molecule has 1 aromatic carbocycles. The molecular weight excluding hydrogens is 346 g/mol. The molecule has 0 radical (unpaired) electrons. The second-order valence-corrected chi connectivity index (χ2v) is 9.32. The first-order valence-corrected chi connectivity index (χ1v) is 10.5. The smallest absolute Gasteiger partial charge is 0.230 e. The third-order valence-corrected chi connectivity index (χ3v) is 7.32. The van der Waals surface area contributed by atoms with E-state index in [4.69, 9.17) is 0 Å². The maximum Gasteiger partial charge on any atom is 0.230 e. The number of hydrogen-bond donors (Lipinski definition) is 1. The van der Waals surface area contributed by atoms with Gasteiger partial charge in [-0.1, -0.05) is 18.2 Å². The third-order valence-electron chi connectivity index (χ3n) is 7.32. The number of carbonyl (C=O) groups excluding carboxylic acids is 1. The van der Waals surface area contributed by atoms with E-state index in [9.17, 15) is 4.79 Å². The van der Waals surface area contributed by atoms with E-state index in [2.05, 4.69) is 22.4 Å². The minimum atomic E-state index is -0.102. The Hall–Kier alpha value is -2.62. The largest absolute Gasteiger partial charge is 0.326 e. The van der Waals surface area contributed by atoms with E-state index >= 15 is 0 Å². The molecule has 7 rings (SSSR count). The number of anilines is 1. The molecule has 4 heteroatoms. The van der Waals surface area contributed by atoms with Crippen molar-refractivity contribution >= 4 is 17.2 Å². The van der Waals surface area contributed by atoms with Gasteiger partial charge in [0.25, 0.3) is 0 Å². The maximum absolute atomic E-state index is 13.2. The summed E-state index contributed by atoms with van der Waals surface area (Å²) in [6.07, 6.45) is 11.4. The summed E-state index contributed by atoms with van der Waals surface area (Å²) in [5, 5.41) is 3.24. The van der Waals surface area contributed by atoms with Crippen LogP contribution in [0.25, 0.3) is 16.9 Å². The van der Waals surface area contributed by atoms with Crippen molar-refractivity contribution in [1.29, 1.82) is 0 Å². The van der Waals surface area contributed by atoms with Crippen molar-refractivity contribution in [3.63, 3.8) is 0 Å². The predicted octanol–water partition coefficient (Wildman–Crippen LogP) is 5.16. The Morgan fingerprint density at radius 2 is 1.64 bits per heavy atom. The molecular formula is C24H25N3O. The maximum atomic E-state index is 13.2. The Kier molecular flexibility index (Phi) is 3.47. The van der Waals surface area contributed by atoms with Gasteiger partial charge >= 0.3 is 0 Å². The summed E-state index contributed by atoms with van der Waals surface area (Å²) in [4.78, 5) is 17.9. The fraction of sp³-hybridized carbons (Fsp3) is 0.417.